The number of halogens is 3. The molecule has 0 aliphatic carbocycles. The maximum atomic E-state index is 15.9. The van der Waals surface area contributed by atoms with Crippen LogP contribution in [0.2, 0.25) is 0 Å². The molecule has 0 radical (unpaired) electrons. The fraction of sp³-hybridized carbons (Fsp3) is 0.222. The van der Waals surface area contributed by atoms with Crippen molar-refractivity contribution in [2.24, 2.45) is 0 Å². The highest BCUT2D eigenvalue weighted by molar-refractivity contribution is 7.92. The molecule has 2 N–H and O–H groups in total. The van der Waals surface area contributed by atoms with Crippen LogP contribution in [0.4, 0.5) is 18.9 Å². The van der Waals surface area contributed by atoms with Gasteiger partial charge in [0, 0.05) is 23.6 Å². The molecular weight excluding hydrogens is 549 g/mol. The minimum Gasteiger partial charge on any atom is -0.513 e. The molecule has 2 aromatic heterocycles. The first kappa shape index (κ1) is 28.2. The number of thiazole rings is 1. The summed E-state index contributed by atoms with van der Waals surface area (Å²) in [5.74, 6) is -2.53. The Morgan fingerprint density at radius 1 is 1.10 bits per heavy atom. The van der Waals surface area contributed by atoms with Gasteiger partial charge < -0.3 is 5.11 Å². The zero-order chi connectivity index (χ0) is 28.5. The number of nitrogens with one attached hydrogen (secondary N) is 1. The Bertz CT molecular complexity index is 1680. The van der Waals surface area contributed by atoms with Gasteiger partial charge in [-0.05, 0) is 49.4 Å². The van der Waals surface area contributed by atoms with Crippen molar-refractivity contribution in [3.05, 3.63) is 88.8 Å². The minimum absolute atomic E-state index is 0.0112. The van der Waals surface area contributed by atoms with Gasteiger partial charge in [-0.3, -0.25) is 4.72 Å². The second kappa shape index (κ2) is 10.8. The summed E-state index contributed by atoms with van der Waals surface area (Å²) < 4.78 is 71.3. The molecule has 0 atom stereocenters. The highest BCUT2D eigenvalue weighted by Gasteiger charge is 2.27. The van der Waals surface area contributed by atoms with Gasteiger partial charge >= 0.3 is 0 Å². The Morgan fingerprint density at radius 3 is 2.54 bits per heavy atom. The first-order chi connectivity index (χ1) is 18.3. The van der Waals surface area contributed by atoms with E-state index in [-0.39, 0.29) is 23.4 Å². The molecule has 0 spiro atoms. The number of rotatable bonds is 7. The van der Waals surface area contributed by atoms with Gasteiger partial charge in [-0.15, -0.1) is 11.3 Å². The van der Waals surface area contributed by atoms with Crippen LogP contribution in [-0.4, -0.2) is 28.5 Å². The van der Waals surface area contributed by atoms with E-state index in [9.17, 15) is 22.3 Å². The number of aliphatic hydroxyl groups is 1. The van der Waals surface area contributed by atoms with E-state index in [0.717, 1.165) is 6.07 Å². The summed E-state index contributed by atoms with van der Waals surface area (Å²) in [5, 5.41) is 10.2. The molecular formula is C27H25F3N4O3S2. The third-order valence-corrected chi connectivity index (χ3v) is 8.35. The molecule has 4 aromatic rings. The van der Waals surface area contributed by atoms with E-state index < -0.39 is 43.5 Å². The van der Waals surface area contributed by atoms with Gasteiger partial charge in [0.15, 0.2) is 5.82 Å². The second-order valence-electron chi connectivity index (χ2n) is 9.70. The summed E-state index contributed by atoms with van der Waals surface area (Å²) in [6, 6.07) is 7.69. The van der Waals surface area contributed by atoms with E-state index in [1.54, 1.807) is 18.3 Å². The van der Waals surface area contributed by atoms with Crippen LogP contribution in [0.1, 0.15) is 38.5 Å². The Hall–Kier alpha value is -3.77. The molecule has 0 saturated heterocycles. The Morgan fingerprint density at radius 2 is 1.85 bits per heavy atom. The Labute approximate surface area is 228 Å². The topological polar surface area (TPSA) is 105 Å². The number of aliphatic hydroxyl groups excluding tert-OH is 1. The van der Waals surface area contributed by atoms with Gasteiger partial charge in [0.25, 0.3) is 10.0 Å². The van der Waals surface area contributed by atoms with Crippen molar-refractivity contribution in [2.45, 2.75) is 44.4 Å². The molecule has 2 aromatic carbocycles. The highest BCUT2D eigenvalue weighted by Crippen LogP contribution is 2.42. The van der Waals surface area contributed by atoms with E-state index in [1.165, 1.54) is 36.5 Å². The number of hydrogen-bond acceptors (Lipinski definition) is 7. The minimum atomic E-state index is -4.66. The fourth-order valence-corrected chi connectivity index (χ4v) is 5.79. The lowest BCUT2D eigenvalue weighted by Gasteiger charge is -2.14. The SMILES string of the molecule is C/C(O)=C\Cc1nccc(-c2sc(C(C)(C)C)nc2-c2cccc(NS(=O)(=O)c3cc(F)ccc3F)c2F)n1. The zero-order valence-electron chi connectivity index (χ0n) is 21.5. The molecule has 0 bridgehead atoms. The van der Waals surface area contributed by atoms with Crippen molar-refractivity contribution in [1.82, 2.24) is 15.0 Å². The van der Waals surface area contributed by atoms with E-state index in [4.69, 9.17) is 4.98 Å². The predicted octanol–water partition coefficient (Wildman–Crippen LogP) is 6.79. The highest BCUT2D eigenvalue weighted by atomic mass is 32.2. The van der Waals surface area contributed by atoms with Gasteiger partial charge in [0.1, 0.15) is 22.4 Å². The van der Waals surface area contributed by atoms with Gasteiger partial charge in [0.05, 0.1) is 32.7 Å². The summed E-state index contributed by atoms with van der Waals surface area (Å²) in [6.07, 6.45) is 3.38. The second-order valence-corrected chi connectivity index (χ2v) is 12.4. The molecule has 204 valence electrons. The third kappa shape index (κ3) is 6.28. The normalized spacial score (nSPS) is 12.5. The van der Waals surface area contributed by atoms with Crippen LogP contribution >= 0.6 is 11.3 Å². The van der Waals surface area contributed by atoms with E-state index in [2.05, 4.69) is 9.97 Å². The summed E-state index contributed by atoms with van der Waals surface area (Å²) in [5.41, 5.74) is -0.157. The van der Waals surface area contributed by atoms with Crippen LogP contribution < -0.4 is 4.72 Å². The molecule has 0 fully saturated rings. The standard InChI is InChI=1S/C27H25F3N4O3S2/c1-15(35)8-11-22-31-13-12-20(32-22)25-24(33-26(38-25)27(2,3)4)17-6-5-7-19(23(17)30)34-39(36,37)21-14-16(28)9-10-18(21)29/h5-10,12-14,34-35H,11H2,1-4H3/b15-8+. The predicted molar refractivity (Wildman–Crippen MR) is 144 cm³/mol. The van der Waals surface area contributed by atoms with E-state index >= 15 is 4.39 Å². The van der Waals surface area contributed by atoms with Crippen LogP contribution in [-0.2, 0) is 21.9 Å². The molecule has 39 heavy (non-hydrogen) atoms. The Kier molecular flexibility index (Phi) is 7.80. The van der Waals surface area contributed by atoms with Crippen LogP contribution in [0, 0.1) is 17.5 Å². The first-order valence-corrected chi connectivity index (χ1v) is 14.0. The smallest absolute Gasteiger partial charge is 0.265 e. The van der Waals surface area contributed by atoms with Gasteiger partial charge in [-0.1, -0.05) is 26.8 Å². The quantitative estimate of drug-likeness (QED) is 0.236. The number of allylic oxidation sites excluding steroid dienone is 2. The van der Waals surface area contributed by atoms with Gasteiger partial charge in [-0.2, -0.15) is 0 Å². The van der Waals surface area contributed by atoms with Crippen LogP contribution in [0.25, 0.3) is 21.8 Å². The van der Waals surface area contributed by atoms with Gasteiger partial charge in [-0.25, -0.2) is 36.5 Å². The summed E-state index contributed by atoms with van der Waals surface area (Å²) in [4.78, 5) is 13.1. The van der Waals surface area contributed by atoms with Crippen molar-refractivity contribution in [2.75, 3.05) is 4.72 Å². The monoisotopic (exact) mass is 574 g/mol. The van der Waals surface area contributed by atoms with E-state index in [1.807, 2.05) is 25.5 Å². The third-order valence-electron chi connectivity index (χ3n) is 5.47. The molecule has 2 heterocycles. The average Bonchev–Trinajstić information content (AvgIpc) is 3.31. The Balaban J connectivity index is 1.82. The van der Waals surface area contributed by atoms with Crippen molar-refractivity contribution < 1.29 is 26.7 Å². The molecule has 0 aliphatic rings. The number of sulfonamides is 1. The number of aromatic nitrogens is 3. The maximum Gasteiger partial charge on any atom is 0.265 e. The molecule has 0 aliphatic heterocycles. The summed E-state index contributed by atoms with van der Waals surface area (Å²) in [7, 11) is -4.66. The number of hydrogen-bond donors (Lipinski definition) is 2. The average molecular weight is 575 g/mol. The fourth-order valence-electron chi connectivity index (χ4n) is 3.54. The zero-order valence-corrected chi connectivity index (χ0v) is 23.1. The lowest BCUT2D eigenvalue weighted by atomic mass is 9.98. The molecule has 0 saturated carbocycles. The number of anilines is 1. The maximum absolute atomic E-state index is 15.9. The summed E-state index contributed by atoms with van der Waals surface area (Å²) >= 11 is 1.31. The largest absolute Gasteiger partial charge is 0.513 e. The van der Waals surface area contributed by atoms with Crippen LogP contribution in [0.15, 0.2) is 65.4 Å². The molecule has 0 amide bonds. The van der Waals surface area contributed by atoms with Crippen molar-refractivity contribution >= 4 is 27.0 Å². The van der Waals surface area contributed by atoms with Gasteiger partial charge in [0.2, 0.25) is 0 Å². The van der Waals surface area contributed by atoms with Crippen molar-refractivity contribution in [3.8, 4) is 21.8 Å². The lowest BCUT2D eigenvalue weighted by molar-refractivity contribution is 0.412. The first-order valence-electron chi connectivity index (χ1n) is 11.7. The molecule has 0 unspecified atom stereocenters. The summed E-state index contributed by atoms with van der Waals surface area (Å²) in [6.45, 7) is 7.39. The van der Waals surface area contributed by atoms with Crippen molar-refractivity contribution in [1.29, 1.82) is 0 Å². The van der Waals surface area contributed by atoms with Crippen LogP contribution in [0.3, 0.4) is 0 Å². The van der Waals surface area contributed by atoms with Crippen molar-refractivity contribution in [3.63, 3.8) is 0 Å². The number of benzene rings is 2. The molecule has 12 heteroatoms. The number of nitrogens with zero attached hydrogens (tertiary/aromatic N) is 3. The molecule has 4 rings (SSSR count). The molecule has 7 nitrogen and oxygen atoms in total. The lowest BCUT2D eigenvalue weighted by Crippen LogP contribution is -2.16. The van der Waals surface area contributed by atoms with Crippen LogP contribution in [0.5, 0.6) is 0 Å². The van der Waals surface area contributed by atoms with E-state index in [0.29, 0.717) is 33.5 Å².